The van der Waals surface area contributed by atoms with Crippen molar-refractivity contribution in [1.29, 1.82) is 0 Å². The summed E-state index contributed by atoms with van der Waals surface area (Å²) in [6.45, 7) is 3.50. The number of nitrogens with zero attached hydrogens (tertiary/aromatic N) is 2. The lowest BCUT2D eigenvalue weighted by atomic mass is 10.1. The molecule has 1 atom stereocenters. The van der Waals surface area contributed by atoms with Crippen molar-refractivity contribution in [2.45, 2.75) is 32.2 Å². The van der Waals surface area contributed by atoms with E-state index in [0.717, 1.165) is 18.5 Å². The van der Waals surface area contributed by atoms with Gasteiger partial charge in [0.2, 0.25) is 11.7 Å². The summed E-state index contributed by atoms with van der Waals surface area (Å²) >= 11 is 6.07. The molecule has 2 heterocycles. The van der Waals surface area contributed by atoms with E-state index in [2.05, 4.69) is 15.5 Å². The molecule has 1 aromatic heterocycles. The number of aromatic nitrogens is 2. The Morgan fingerprint density at radius 3 is 3.10 bits per heavy atom. The normalized spacial score (nSPS) is 18.7. The minimum atomic E-state index is 0.148. The van der Waals surface area contributed by atoms with Crippen LogP contribution in [0.25, 0.3) is 11.4 Å². The zero-order valence-corrected chi connectivity index (χ0v) is 12.7. The van der Waals surface area contributed by atoms with Gasteiger partial charge in [0.15, 0.2) is 0 Å². The van der Waals surface area contributed by atoms with Gasteiger partial charge in [-0.2, -0.15) is 4.98 Å². The number of ether oxygens (including phenoxy) is 1. The Hall–Kier alpha value is -1.59. The fourth-order valence-corrected chi connectivity index (χ4v) is 2.68. The molecule has 0 amide bonds. The molecule has 3 rings (SSSR count). The zero-order chi connectivity index (χ0) is 14.7. The molecule has 21 heavy (non-hydrogen) atoms. The lowest BCUT2D eigenvalue weighted by Gasteiger charge is -2.19. The predicted molar refractivity (Wildman–Crippen MR) is 80.5 cm³/mol. The standard InChI is InChI=1S/C15H18ClN3O2/c1-2-20-13-7-6-10(16)9-11(13)14-18-15(21-19-14)12-5-3-4-8-17-12/h6-7,9,12,17H,2-5,8H2,1H3. The quantitative estimate of drug-likeness (QED) is 0.935. The molecule has 1 N–H and O–H groups in total. The van der Waals surface area contributed by atoms with Crippen LogP contribution in [-0.4, -0.2) is 23.3 Å². The molecule has 1 saturated heterocycles. The first kappa shape index (κ1) is 14.4. The first-order chi connectivity index (χ1) is 10.3. The van der Waals surface area contributed by atoms with Crippen LogP contribution in [0.15, 0.2) is 22.7 Å². The van der Waals surface area contributed by atoms with Gasteiger partial charge in [-0.3, -0.25) is 0 Å². The van der Waals surface area contributed by atoms with Gasteiger partial charge in [0.1, 0.15) is 5.75 Å². The Bertz CT molecular complexity index is 609. The van der Waals surface area contributed by atoms with Crippen molar-refractivity contribution >= 4 is 11.6 Å². The summed E-state index contributed by atoms with van der Waals surface area (Å²) in [6, 6.07) is 5.57. The largest absolute Gasteiger partial charge is 0.493 e. The molecule has 2 aromatic rings. The lowest BCUT2D eigenvalue weighted by Crippen LogP contribution is -2.26. The van der Waals surface area contributed by atoms with Crippen LogP contribution in [0.1, 0.15) is 38.1 Å². The number of hydrogen-bond acceptors (Lipinski definition) is 5. The molecule has 1 aromatic carbocycles. The van der Waals surface area contributed by atoms with E-state index < -0.39 is 0 Å². The highest BCUT2D eigenvalue weighted by atomic mass is 35.5. The third kappa shape index (κ3) is 3.19. The molecule has 0 aliphatic carbocycles. The second kappa shape index (κ2) is 6.45. The highest BCUT2D eigenvalue weighted by Gasteiger charge is 2.22. The number of halogens is 1. The summed E-state index contributed by atoms with van der Waals surface area (Å²) in [5, 5.41) is 8.10. The molecule has 5 nitrogen and oxygen atoms in total. The second-order valence-corrected chi connectivity index (χ2v) is 5.47. The average molecular weight is 308 g/mol. The van der Waals surface area contributed by atoms with Crippen LogP contribution in [0.4, 0.5) is 0 Å². The Morgan fingerprint density at radius 2 is 2.33 bits per heavy atom. The molecule has 1 aliphatic rings. The molecule has 1 unspecified atom stereocenters. The van der Waals surface area contributed by atoms with E-state index in [1.54, 1.807) is 12.1 Å². The van der Waals surface area contributed by atoms with E-state index in [4.69, 9.17) is 20.9 Å². The van der Waals surface area contributed by atoms with Gasteiger partial charge in [-0.15, -0.1) is 0 Å². The lowest BCUT2D eigenvalue weighted by molar-refractivity contribution is 0.297. The number of piperidine rings is 1. The monoisotopic (exact) mass is 307 g/mol. The third-order valence-corrected chi connectivity index (χ3v) is 3.77. The first-order valence-corrected chi connectivity index (χ1v) is 7.65. The molecule has 112 valence electrons. The second-order valence-electron chi connectivity index (χ2n) is 5.03. The fraction of sp³-hybridized carbons (Fsp3) is 0.467. The van der Waals surface area contributed by atoms with Gasteiger partial charge in [0, 0.05) is 5.02 Å². The smallest absolute Gasteiger partial charge is 0.244 e. The van der Waals surface area contributed by atoms with Crippen LogP contribution in [0, 0.1) is 0 Å². The SMILES string of the molecule is CCOc1ccc(Cl)cc1-c1noc(C2CCCCN2)n1. The van der Waals surface area contributed by atoms with E-state index >= 15 is 0 Å². The van der Waals surface area contributed by atoms with Gasteiger partial charge >= 0.3 is 0 Å². The molecule has 0 bridgehead atoms. The summed E-state index contributed by atoms with van der Waals surface area (Å²) in [4.78, 5) is 4.51. The van der Waals surface area contributed by atoms with Gasteiger partial charge in [0.25, 0.3) is 0 Å². The number of benzene rings is 1. The number of nitrogens with one attached hydrogen (secondary N) is 1. The molecule has 0 radical (unpaired) electrons. The third-order valence-electron chi connectivity index (χ3n) is 3.53. The van der Waals surface area contributed by atoms with E-state index in [1.165, 1.54) is 12.8 Å². The maximum Gasteiger partial charge on any atom is 0.244 e. The maximum absolute atomic E-state index is 6.07. The van der Waals surface area contributed by atoms with Gasteiger partial charge < -0.3 is 14.6 Å². The Kier molecular flexibility index (Phi) is 4.41. The van der Waals surface area contributed by atoms with Crippen molar-refractivity contribution in [3.05, 3.63) is 29.1 Å². The molecule has 0 saturated carbocycles. The van der Waals surface area contributed by atoms with E-state index in [-0.39, 0.29) is 6.04 Å². The average Bonchev–Trinajstić information content (AvgIpc) is 3.00. The minimum absolute atomic E-state index is 0.148. The van der Waals surface area contributed by atoms with Gasteiger partial charge in [-0.1, -0.05) is 23.2 Å². The number of hydrogen-bond donors (Lipinski definition) is 1. The van der Waals surface area contributed by atoms with Gasteiger partial charge in [-0.25, -0.2) is 0 Å². The summed E-state index contributed by atoms with van der Waals surface area (Å²) in [5.74, 6) is 1.86. The zero-order valence-electron chi connectivity index (χ0n) is 11.9. The summed E-state index contributed by atoms with van der Waals surface area (Å²) in [5.41, 5.74) is 0.759. The van der Waals surface area contributed by atoms with Crippen molar-refractivity contribution in [3.63, 3.8) is 0 Å². The molecular formula is C15H18ClN3O2. The first-order valence-electron chi connectivity index (χ1n) is 7.27. The maximum atomic E-state index is 6.07. The van der Waals surface area contributed by atoms with Crippen molar-refractivity contribution < 1.29 is 9.26 Å². The fourth-order valence-electron chi connectivity index (χ4n) is 2.51. The van der Waals surface area contributed by atoms with Crippen LogP contribution in [0.2, 0.25) is 5.02 Å². The van der Waals surface area contributed by atoms with Crippen LogP contribution in [0.5, 0.6) is 5.75 Å². The van der Waals surface area contributed by atoms with Crippen molar-refractivity contribution in [2.24, 2.45) is 0 Å². The predicted octanol–water partition coefficient (Wildman–Crippen LogP) is 3.60. The van der Waals surface area contributed by atoms with Crippen molar-refractivity contribution in [3.8, 4) is 17.1 Å². The number of rotatable bonds is 4. The van der Waals surface area contributed by atoms with E-state index in [0.29, 0.717) is 29.1 Å². The topological polar surface area (TPSA) is 60.2 Å². The van der Waals surface area contributed by atoms with E-state index in [1.807, 2.05) is 13.0 Å². The van der Waals surface area contributed by atoms with E-state index in [9.17, 15) is 0 Å². The summed E-state index contributed by atoms with van der Waals surface area (Å²) in [7, 11) is 0. The molecule has 6 heteroatoms. The van der Waals surface area contributed by atoms with Gasteiger partial charge in [0.05, 0.1) is 18.2 Å². The molecule has 1 aliphatic heterocycles. The van der Waals surface area contributed by atoms with Crippen LogP contribution >= 0.6 is 11.6 Å². The van der Waals surface area contributed by atoms with Crippen molar-refractivity contribution in [1.82, 2.24) is 15.5 Å². The Morgan fingerprint density at radius 1 is 1.43 bits per heavy atom. The summed E-state index contributed by atoms with van der Waals surface area (Å²) in [6.07, 6.45) is 3.40. The van der Waals surface area contributed by atoms with Crippen LogP contribution < -0.4 is 10.1 Å². The Labute approximate surface area is 128 Å². The summed E-state index contributed by atoms with van der Waals surface area (Å²) < 4.78 is 11.0. The molecular weight excluding hydrogens is 290 g/mol. The van der Waals surface area contributed by atoms with Crippen molar-refractivity contribution in [2.75, 3.05) is 13.2 Å². The minimum Gasteiger partial charge on any atom is -0.493 e. The molecule has 0 spiro atoms. The van der Waals surface area contributed by atoms with Gasteiger partial charge in [-0.05, 0) is 44.5 Å². The molecule has 1 fully saturated rings. The van der Waals surface area contributed by atoms with Crippen LogP contribution in [0.3, 0.4) is 0 Å². The highest BCUT2D eigenvalue weighted by molar-refractivity contribution is 6.30. The highest BCUT2D eigenvalue weighted by Crippen LogP contribution is 2.32. The Balaban J connectivity index is 1.90. The van der Waals surface area contributed by atoms with Crippen LogP contribution in [-0.2, 0) is 0 Å².